The van der Waals surface area contributed by atoms with Gasteiger partial charge in [0.05, 0.1) is 10.0 Å². The molecule has 0 fully saturated rings. The van der Waals surface area contributed by atoms with Crippen molar-refractivity contribution in [1.82, 2.24) is 0 Å². The van der Waals surface area contributed by atoms with Crippen molar-refractivity contribution in [2.45, 2.75) is 0 Å². The molecule has 1 heterocycles. The molecule has 3 heteroatoms. The van der Waals surface area contributed by atoms with Gasteiger partial charge < -0.3 is 4.42 Å². The fourth-order valence-electron chi connectivity index (χ4n) is 2.05. The molecule has 0 saturated heterocycles. The standard InChI is InChI=1S/C17H11BrO2/c18-15-11-14(12-7-3-1-4-8-12)17(19)20-16(15)13-9-5-2-6-10-13/h1-11H. The molecular formula is C17H11BrO2. The third-order valence-corrected chi connectivity index (χ3v) is 3.61. The second-order valence-corrected chi connectivity index (χ2v) is 5.21. The Bertz CT molecular complexity index is 777. The molecule has 0 saturated carbocycles. The predicted octanol–water partition coefficient (Wildman–Crippen LogP) is 4.74. The lowest BCUT2D eigenvalue weighted by Crippen LogP contribution is -2.03. The van der Waals surface area contributed by atoms with E-state index in [9.17, 15) is 4.79 Å². The highest BCUT2D eigenvalue weighted by Crippen LogP contribution is 2.29. The van der Waals surface area contributed by atoms with Crippen LogP contribution >= 0.6 is 15.9 Å². The minimum atomic E-state index is -0.335. The van der Waals surface area contributed by atoms with E-state index < -0.39 is 0 Å². The fourth-order valence-corrected chi connectivity index (χ4v) is 2.59. The first-order chi connectivity index (χ1) is 9.75. The zero-order chi connectivity index (χ0) is 13.9. The summed E-state index contributed by atoms with van der Waals surface area (Å²) in [6.45, 7) is 0. The summed E-state index contributed by atoms with van der Waals surface area (Å²) in [5.41, 5.74) is 1.94. The monoisotopic (exact) mass is 326 g/mol. The van der Waals surface area contributed by atoms with E-state index in [1.807, 2.05) is 66.7 Å². The third-order valence-electron chi connectivity index (χ3n) is 3.02. The molecule has 0 unspecified atom stereocenters. The van der Waals surface area contributed by atoms with Gasteiger partial charge in [-0.15, -0.1) is 0 Å². The summed E-state index contributed by atoms with van der Waals surface area (Å²) < 4.78 is 6.24. The Morgan fingerprint density at radius 1 is 0.800 bits per heavy atom. The van der Waals surface area contributed by atoms with E-state index in [2.05, 4.69) is 15.9 Å². The van der Waals surface area contributed by atoms with Crippen molar-refractivity contribution in [3.8, 4) is 22.5 Å². The maximum atomic E-state index is 12.2. The van der Waals surface area contributed by atoms with Crippen molar-refractivity contribution < 1.29 is 4.42 Å². The molecule has 2 nitrogen and oxygen atoms in total. The van der Waals surface area contributed by atoms with Crippen LogP contribution in [-0.2, 0) is 0 Å². The van der Waals surface area contributed by atoms with Gasteiger partial charge in [0.1, 0.15) is 0 Å². The van der Waals surface area contributed by atoms with Crippen molar-refractivity contribution >= 4 is 15.9 Å². The third kappa shape index (κ3) is 2.45. The number of hydrogen-bond acceptors (Lipinski definition) is 2. The maximum Gasteiger partial charge on any atom is 0.344 e. The van der Waals surface area contributed by atoms with E-state index in [4.69, 9.17) is 4.42 Å². The molecule has 98 valence electrons. The number of rotatable bonds is 2. The van der Waals surface area contributed by atoms with Crippen molar-refractivity contribution in [1.29, 1.82) is 0 Å². The topological polar surface area (TPSA) is 30.2 Å². The van der Waals surface area contributed by atoms with Crippen molar-refractivity contribution in [2.24, 2.45) is 0 Å². The first-order valence-corrected chi connectivity index (χ1v) is 6.99. The number of benzene rings is 2. The van der Waals surface area contributed by atoms with Gasteiger partial charge in [-0.05, 0) is 27.6 Å². The molecule has 0 aliphatic rings. The minimum Gasteiger partial charge on any atom is -0.421 e. The SMILES string of the molecule is O=c1oc(-c2ccccc2)c(Br)cc1-c1ccccc1. The zero-order valence-electron chi connectivity index (χ0n) is 10.5. The second kappa shape index (κ2) is 5.47. The Morgan fingerprint density at radius 2 is 1.35 bits per heavy atom. The molecule has 20 heavy (non-hydrogen) atoms. The van der Waals surface area contributed by atoms with E-state index in [1.54, 1.807) is 0 Å². The highest BCUT2D eigenvalue weighted by Gasteiger charge is 2.12. The van der Waals surface area contributed by atoms with Gasteiger partial charge in [-0.2, -0.15) is 0 Å². The summed E-state index contributed by atoms with van der Waals surface area (Å²) >= 11 is 3.48. The van der Waals surface area contributed by atoms with Gasteiger partial charge in [-0.3, -0.25) is 0 Å². The minimum absolute atomic E-state index is 0.335. The molecule has 0 N–H and O–H groups in total. The van der Waals surface area contributed by atoms with Gasteiger partial charge in [0.25, 0.3) is 0 Å². The first kappa shape index (κ1) is 12.9. The van der Waals surface area contributed by atoms with E-state index in [-0.39, 0.29) is 5.63 Å². The molecule has 3 aromatic rings. The maximum absolute atomic E-state index is 12.2. The Balaban J connectivity index is 2.15. The van der Waals surface area contributed by atoms with Crippen LogP contribution in [0.15, 0.2) is 80.4 Å². The van der Waals surface area contributed by atoms with Gasteiger partial charge in [-0.1, -0.05) is 60.7 Å². The summed E-state index contributed by atoms with van der Waals surface area (Å²) in [6.07, 6.45) is 0. The highest BCUT2D eigenvalue weighted by atomic mass is 79.9. The molecule has 0 bridgehead atoms. The largest absolute Gasteiger partial charge is 0.421 e. The molecular weight excluding hydrogens is 316 g/mol. The smallest absolute Gasteiger partial charge is 0.344 e. The molecule has 0 atom stereocenters. The second-order valence-electron chi connectivity index (χ2n) is 4.36. The molecule has 0 spiro atoms. The lowest BCUT2D eigenvalue weighted by atomic mass is 10.1. The van der Waals surface area contributed by atoms with E-state index in [0.717, 1.165) is 15.6 Å². The lowest BCUT2D eigenvalue weighted by Gasteiger charge is -2.06. The molecule has 3 rings (SSSR count). The van der Waals surface area contributed by atoms with Crippen molar-refractivity contribution in [3.63, 3.8) is 0 Å². The zero-order valence-corrected chi connectivity index (χ0v) is 12.1. The molecule has 1 aromatic heterocycles. The van der Waals surface area contributed by atoms with Crippen molar-refractivity contribution in [3.05, 3.63) is 81.6 Å². The van der Waals surface area contributed by atoms with Crippen LogP contribution in [0.2, 0.25) is 0 Å². The summed E-state index contributed by atoms with van der Waals surface area (Å²) in [6, 6.07) is 20.9. The first-order valence-electron chi connectivity index (χ1n) is 6.20. The summed E-state index contributed by atoms with van der Waals surface area (Å²) in [5, 5.41) is 0. The van der Waals surface area contributed by atoms with Crippen LogP contribution in [0.1, 0.15) is 0 Å². The average Bonchev–Trinajstić information content (AvgIpc) is 2.51. The number of halogens is 1. The normalized spacial score (nSPS) is 10.4. The summed E-state index contributed by atoms with van der Waals surface area (Å²) in [7, 11) is 0. The Kier molecular flexibility index (Phi) is 3.52. The van der Waals surface area contributed by atoms with Crippen LogP contribution in [0.5, 0.6) is 0 Å². The Hall–Kier alpha value is -2.13. The van der Waals surface area contributed by atoms with Gasteiger partial charge in [0, 0.05) is 5.56 Å². The van der Waals surface area contributed by atoms with E-state index in [0.29, 0.717) is 11.3 Å². The molecule has 0 amide bonds. The Morgan fingerprint density at radius 3 is 1.95 bits per heavy atom. The van der Waals surface area contributed by atoms with Crippen LogP contribution in [0.4, 0.5) is 0 Å². The molecule has 0 aliphatic heterocycles. The van der Waals surface area contributed by atoms with Crippen molar-refractivity contribution in [2.75, 3.05) is 0 Å². The van der Waals surface area contributed by atoms with Crippen LogP contribution in [0.3, 0.4) is 0 Å². The number of hydrogen-bond donors (Lipinski definition) is 0. The highest BCUT2D eigenvalue weighted by molar-refractivity contribution is 9.10. The predicted molar refractivity (Wildman–Crippen MR) is 83.6 cm³/mol. The van der Waals surface area contributed by atoms with Gasteiger partial charge in [-0.25, -0.2) is 4.79 Å². The van der Waals surface area contributed by atoms with Crippen LogP contribution in [0, 0.1) is 0 Å². The average molecular weight is 327 g/mol. The van der Waals surface area contributed by atoms with Crippen LogP contribution in [0.25, 0.3) is 22.5 Å². The van der Waals surface area contributed by atoms with E-state index >= 15 is 0 Å². The molecule has 0 aliphatic carbocycles. The van der Waals surface area contributed by atoms with E-state index in [1.165, 1.54) is 0 Å². The van der Waals surface area contributed by atoms with Gasteiger partial charge in [0.2, 0.25) is 0 Å². The van der Waals surface area contributed by atoms with Gasteiger partial charge >= 0.3 is 5.63 Å². The van der Waals surface area contributed by atoms with Gasteiger partial charge in [0.15, 0.2) is 5.76 Å². The quantitative estimate of drug-likeness (QED) is 0.681. The molecule has 2 aromatic carbocycles. The Labute approximate surface area is 124 Å². The lowest BCUT2D eigenvalue weighted by molar-refractivity contribution is 0.525. The van der Waals surface area contributed by atoms with Crippen LogP contribution in [-0.4, -0.2) is 0 Å². The summed E-state index contributed by atoms with van der Waals surface area (Å²) in [4.78, 5) is 12.2. The fraction of sp³-hybridized carbons (Fsp3) is 0. The molecule has 0 radical (unpaired) electrons. The summed E-state index contributed by atoms with van der Waals surface area (Å²) in [5.74, 6) is 0.551. The van der Waals surface area contributed by atoms with Crippen LogP contribution < -0.4 is 5.63 Å².